The quantitative estimate of drug-likeness (QED) is 0.549. The van der Waals surface area contributed by atoms with Crippen LogP contribution in [0.5, 0.6) is 0 Å². The van der Waals surface area contributed by atoms with Gasteiger partial charge in [-0.15, -0.1) is 21.8 Å². The van der Waals surface area contributed by atoms with E-state index in [1.807, 2.05) is 18.2 Å². The number of para-hydroxylation sites is 1. The molecule has 0 spiro atoms. The third-order valence-electron chi connectivity index (χ3n) is 3.04. The molecular formula is C15H11ClN4O. The van der Waals surface area contributed by atoms with Crippen LogP contribution in [0.1, 0.15) is 21.9 Å². The zero-order chi connectivity index (χ0) is 14.7. The van der Waals surface area contributed by atoms with Crippen molar-refractivity contribution in [2.75, 3.05) is 0 Å². The molecule has 0 saturated heterocycles. The average Bonchev–Trinajstić information content (AvgIpc) is 3.03. The van der Waals surface area contributed by atoms with Crippen molar-refractivity contribution in [3.63, 3.8) is 0 Å². The smallest absolute Gasteiger partial charge is 0.213 e. The standard InChI is InChI=1S/C15H11ClN4O/c16-9-14-19-18-10-20(14)13-7-2-1-5-11(13)15(21)12-6-3-4-8-17-12/h1-8,10H,9H2. The van der Waals surface area contributed by atoms with Crippen LogP contribution in [0.4, 0.5) is 0 Å². The number of benzene rings is 1. The molecule has 0 atom stereocenters. The van der Waals surface area contributed by atoms with Crippen molar-refractivity contribution in [1.82, 2.24) is 19.7 Å². The predicted molar refractivity (Wildman–Crippen MR) is 78.6 cm³/mol. The molecule has 3 rings (SSSR count). The molecule has 6 heteroatoms. The third kappa shape index (κ3) is 2.55. The Morgan fingerprint density at radius 1 is 1.14 bits per heavy atom. The fraction of sp³-hybridized carbons (Fsp3) is 0.0667. The van der Waals surface area contributed by atoms with Crippen molar-refractivity contribution >= 4 is 17.4 Å². The molecule has 104 valence electrons. The van der Waals surface area contributed by atoms with E-state index in [1.165, 1.54) is 0 Å². The molecule has 2 aromatic heterocycles. The second kappa shape index (κ2) is 5.85. The lowest BCUT2D eigenvalue weighted by atomic mass is 10.1. The Labute approximate surface area is 126 Å². The largest absolute Gasteiger partial charge is 0.287 e. The van der Waals surface area contributed by atoms with E-state index in [1.54, 1.807) is 41.4 Å². The van der Waals surface area contributed by atoms with Gasteiger partial charge in [0.2, 0.25) is 5.78 Å². The minimum absolute atomic E-state index is 0.152. The summed E-state index contributed by atoms with van der Waals surface area (Å²) in [6.07, 6.45) is 3.14. The normalized spacial score (nSPS) is 10.5. The van der Waals surface area contributed by atoms with Gasteiger partial charge in [0.15, 0.2) is 5.82 Å². The van der Waals surface area contributed by atoms with Crippen LogP contribution in [0.2, 0.25) is 0 Å². The van der Waals surface area contributed by atoms with Gasteiger partial charge in [-0.05, 0) is 24.3 Å². The highest BCUT2D eigenvalue weighted by atomic mass is 35.5. The first-order valence-electron chi connectivity index (χ1n) is 6.31. The van der Waals surface area contributed by atoms with Gasteiger partial charge in [-0.25, -0.2) is 0 Å². The number of alkyl halides is 1. The van der Waals surface area contributed by atoms with Gasteiger partial charge < -0.3 is 0 Å². The summed E-state index contributed by atoms with van der Waals surface area (Å²) in [5, 5.41) is 7.78. The lowest BCUT2D eigenvalue weighted by Gasteiger charge is -2.10. The minimum Gasteiger partial charge on any atom is -0.287 e. The Bertz CT molecular complexity index is 770. The molecular weight excluding hydrogens is 288 g/mol. The number of aromatic nitrogens is 4. The summed E-state index contributed by atoms with van der Waals surface area (Å²) in [7, 11) is 0. The number of carbonyl (C=O) groups excluding carboxylic acids is 1. The third-order valence-corrected chi connectivity index (χ3v) is 3.28. The molecule has 5 nitrogen and oxygen atoms in total. The summed E-state index contributed by atoms with van der Waals surface area (Å²) in [5.74, 6) is 0.643. The lowest BCUT2D eigenvalue weighted by molar-refractivity contribution is 0.103. The first-order chi connectivity index (χ1) is 10.3. The fourth-order valence-electron chi connectivity index (χ4n) is 2.06. The zero-order valence-corrected chi connectivity index (χ0v) is 11.7. The van der Waals surface area contributed by atoms with Gasteiger partial charge >= 0.3 is 0 Å². The average molecular weight is 299 g/mol. The van der Waals surface area contributed by atoms with Gasteiger partial charge in [-0.2, -0.15) is 0 Å². The van der Waals surface area contributed by atoms with Crippen molar-refractivity contribution < 1.29 is 4.79 Å². The van der Waals surface area contributed by atoms with E-state index in [0.29, 0.717) is 22.8 Å². The molecule has 0 unspecified atom stereocenters. The van der Waals surface area contributed by atoms with Crippen LogP contribution in [0, 0.1) is 0 Å². The van der Waals surface area contributed by atoms with Gasteiger partial charge in [-0.3, -0.25) is 14.3 Å². The molecule has 0 aliphatic carbocycles. The van der Waals surface area contributed by atoms with E-state index in [2.05, 4.69) is 15.2 Å². The van der Waals surface area contributed by atoms with Crippen LogP contribution in [0.25, 0.3) is 5.69 Å². The maximum absolute atomic E-state index is 12.6. The molecule has 0 radical (unpaired) electrons. The summed E-state index contributed by atoms with van der Waals surface area (Å²) < 4.78 is 1.71. The van der Waals surface area contributed by atoms with Gasteiger partial charge in [0.05, 0.1) is 11.6 Å². The van der Waals surface area contributed by atoms with Crippen LogP contribution < -0.4 is 0 Å². The number of pyridine rings is 1. The van der Waals surface area contributed by atoms with Gasteiger partial charge in [-0.1, -0.05) is 18.2 Å². The summed E-state index contributed by atoms with van der Waals surface area (Å²) in [4.78, 5) is 16.7. The predicted octanol–water partition coefficient (Wildman–Crippen LogP) is 2.63. The van der Waals surface area contributed by atoms with Crippen LogP contribution in [-0.2, 0) is 5.88 Å². The number of hydrogen-bond acceptors (Lipinski definition) is 4. The van der Waals surface area contributed by atoms with Crippen molar-refractivity contribution in [1.29, 1.82) is 0 Å². The topological polar surface area (TPSA) is 60.7 Å². The summed E-state index contributed by atoms with van der Waals surface area (Å²) in [5.41, 5.74) is 1.61. The van der Waals surface area contributed by atoms with E-state index in [9.17, 15) is 4.79 Å². The van der Waals surface area contributed by atoms with Crippen molar-refractivity contribution in [2.45, 2.75) is 5.88 Å². The van der Waals surface area contributed by atoms with Gasteiger partial charge in [0.1, 0.15) is 12.0 Å². The van der Waals surface area contributed by atoms with Crippen molar-refractivity contribution in [3.8, 4) is 5.69 Å². The van der Waals surface area contributed by atoms with Crippen LogP contribution in [0.3, 0.4) is 0 Å². The molecule has 0 saturated carbocycles. The van der Waals surface area contributed by atoms with Crippen LogP contribution in [-0.4, -0.2) is 25.5 Å². The minimum atomic E-state index is -0.152. The molecule has 3 aromatic rings. The summed E-state index contributed by atoms with van der Waals surface area (Å²) in [6.45, 7) is 0. The number of ketones is 1. The Hall–Kier alpha value is -2.53. The maximum Gasteiger partial charge on any atom is 0.213 e. The Morgan fingerprint density at radius 2 is 1.95 bits per heavy atom. The van der Waals surface area contributed by atoms with Crippen LogP contribution in [0.15, 0.2) is 55.0 Å². The molecule has 21 heavy (non-hydrogen) atoms. The van der Waals surface area contributed by atoms with E-state index >= 15 is 0 Å². The zero-order valence-electron chi connectivity index (χ0n) is 11.0. The summed E-state index contributed by atoms with van der Waals surface area (Å²) >= 11 is 5.85. The highest BCUT2D eigenvalue weighted by Crippen LogP contribution is 2.19. The Balaban J connectivity index is 2.11. The highest BCUT2D eigenvalue weighted by molar-refractivity contribution is 6.16. The van der Waals surface area contributed by atoms with E-state index in [-0.39, 0.29) is 11.7 Å². The molecule has 0 bridgehead atoms. The van der Waals surface area contributed by atoms with Crippen LogP contribution >= 0.6 is 11.6 Å². The number of hydrogen-bond donors (Lipinski definition) is 0. The second-order valence-corrected chi connectivity index (χ2v) is 4.58. The highest BCUT2D eigenvalue weighted by Gasteiger charge is 2.17. The molecule has 0 amide bonds. The molecule has 1 aromatic carbocycles. The first kappa shape index (κ1) is 13.5. The fourth-order valence-corrected chi connectivity index (χ4v) is 2.24. The number of carbonyl (C=O) groups is 1. The van der Waals surface area contributed by atoms with Crippen molar-refractivity contribution in [2.24, 2.45) is 0 Å². The Morgan fingerprint density at radius 3 is 2.71 bits per heavy atom. The van der Waals surface area contributed by atoms with Gasteiger partial charge in [0.25, 0.3) is 0 Å². The molecule has 0 fully saturated rings. The Kier molecular flexibility index (Phi) is 3.75. The van der Waals surface area contributed by atoms with Gasteiger partial charge in [0, 0.05) is 11.8 Å². The molecule has 0 aliphatic rings. The first-order valence-corrected chi connectivity index (χ1v) is 6.84. The molecule has 2 heterocycles. The maximum atomic E-state index is 12.6. The number of halogens is 1. The molecule has 0 aliphatic heterocycles. The second-order valence-electron chi connectivity index (χ2n) is 4.31. The number of rotatable bonds is 4. The van der Waals surface area contributed by atoms with E-state index < -0.39 is 0 Å². The van der Waals surface area contributed by atoms with Crippen molar-refractivity contribution in [3.05, 3.63) is 72.1 Å². The molecule has 0 N–H and O–H groups in total. The number of nitrogens with zero attached hydrogens (tertiary/aromatic N) is 4. The van der Waals surface area contributed by atoms with E-state index in [4.69, 9.17) is 11.6 Å². The lowest BCUT2D eigenvalue weighted by Crippen LogP contribution is -2.09. The SMILES string of the molecule is O=C(c1ccccn1)c1ccccc1-n1cnnc1CCl. The summed E-state index contributed by atoms with van der Waals surface area (Å²) in [6, 6.07) is 12.5. The van der Waals surface area contributed by atoms with E-state index in [0.717, 1.165) is 0 Å². The monoisotopic (exact) mass is 298 g/mol.